The zero-order valence-electron chi connectivity index (χ0n) is 12.8. The zero-order chi connectivity index (χ0) is 15.8. The molecule has 0 saturated carbocycles. The highest BCUT2D eigenvalue weighted by Crippen LogP contribution is 2.15. The van der Waals surface area contributed by atoms with E-state index >= 15 is 0 Å². The molecule has 22 heavy (non-hydrogen) atoms. The number of methoxy groups -OCH3 is 1. The average molecular weight is 305 g/mol. The van der Waals surface area contributed by atoms with Crippen molar-refractivity contribution in [3.8, 4) is 5.88 Å². The van der Waals surface area contributed by atoms with Gasteiger partial charge in [-0.05, 0) is 24.1 Å². The first-order chi connectivity index (χ1) is 10.7. The van der Waals surface area contributed by atoms with E-state index in [1.165, 1.54) is 12.1 Å². The second-order valence-corrected chi connectivity index (χ2v) is 4.77. The standard InChI is InChI=1S/C16H20FN3O2/c1-3-8-22-16-9-14(19-15(20-16)11-21-2)18-10-12-4-6-13(17)7-5-12/h4-7,9H,3,8,10-11H2,1-2H3,(H,18,19,20). The molecule has 0 unspecified atom stereocenters. The third-order valence-corrected chi connectivity index (χ3v) is 2.86. The van der Waals surface area contributed by atoms with Crippen molar-refractivity contribution in [2.75, 3.05) is 19.0 Å². The van der Waals surface area contributed by atoms with E-state index in [0.29, 0.717) is 37.3 Å². The van der Waals surface area contributed by atoms with E-state index in [-0.39, 0.29) is 5.82 Å². The summed E-state index contributed by atoms with van der Waals surface area (Å²) < 4.78 is 23.5. The monoisotopic (exact) mass is 305 g/mol. The summed E-state index contributed by atoms with van der Waals surface area (Å²) >= 11 is 0. The van der Waals surface area contributed by atoms with Crippen LogP contribution in [0.3, 0.4) is 0 Å². The second kappa shape index (κ2) is 8.29. The lowest BCUT2D eigenvalue weighted by atomic mass is 10.2. The highest BCUT2D eigenvalue weighted by atomic mass is 19.1. The number of nitrogens with zero attached hydrogens (tertiary/aromatic N) is 2. The van der Waals surface area contributed by atoms with Crippen LogP contribution < -0.4 is 10.1 Å². The minimum absolute atomic E-state index is 0.247. The van der Waals surface area contributed by atoms with E-state index in [9.17, 15) is 4.39 Å². The van der Waals surface area contributed by atoms with Gasteiger partial charge in [-0.2, -0.15) is 4.98 Å². The molecule has 0 bridgehead atoms. The second-order valence-electron chi connectivity index (χ2n) is 4.77. The number of anilines is 1. The van der Waals surface area contributed by atoms with E-state index in [1.807, 2.05) is 6.92 Å². The Bertz CT molecular complexity index is 590. The fourth-order valence-corrected chi connectivity index (χ4v) is 1.83. The molecule has 2 rings (SSSR count). The summed E-state index contributed by atoms with van der Waals surface area (Å²) in [4.78, 5) is 8.64. The quantitative estimate of drug-likeness (QED) is 0.812. The lowest BCUT2D eigenvalue weighted by molar-refractivity contribution is 0.176. The van der Waals surface area contributed by atoms with Crippen molar-refractivity contribution >= 4 is 5.82 Å². The molecule has 118 valence electrons. The fourth-order valence-electron chi connectivity index (χ4n) is 1.83. The van der Waals surface area contributed by atoms with Crippen LogP contribution in [0.15, 0.2) is 30.3 Å². The van der Waals surface area contributed by atoms with E-state index in [4.69, 9.17) is 9.47 Å². The van der Waals surface area contributed by atoms with Crippen molar-refractivity contribution in [3.05, 3.63) is 47.5 Å². The van der Waals surface area contributed by atoms with Gasteiger partial charge in [0.25, 0.3) is 0 Å². The molecule has 1 N–H and O–H groups in total. The summed E-state index contributed by atoms with van der Waals surface area (Å²) in [6.07, 6.45) is 0.905. The molecular formula is C16H20FN3O2. The maximum absolute atomic E-state index is 12.9. The Morgan fingerprint density at radius 2 is 1.95 bits per heavy atom. The molecule has 0 aliphatic carbocycles. The highest BCUT2D eigenvalue weighted by Gasteiger charge is 2.06. The average Bonchev–Trinajstić information content (AvgIpc) is 2.53. The summed E-state index contributed by atoms with van der Waals surface area (Å²) in [5, 5.41) is 3.19. The molecule has 6 heteroatoms. The number of hydrogen-bond acceptors (Lipinski definition) is 5. The topological polar surface area (TPSA) is 56.3 Å². The van der Waals surface area contributed by atoms with Crippen molar-refractivity contribution in [1.82, 2.24) is 9.97 Å². The predicted molar refractivity (Wildman–Crippen MR) is 82.3 cm³/mol. The first-order valence-corrected chi connectivity index (χ1v) is 7.19. The minimum atomic E-state index is -0.247. The van der Waals surface area contributed by atoms with E-state index in [0.717, 1.165) is 12.0 Å². The van der Waals surface area contributed by atoms with Gasteiger partial charge in [0.1, 0.15) is 18.2 Å². The smallest absolute Gasteiger partial charge is 0.218 e. The molecule has 2 aromatic rings. The molecule has 1 aromatic carbocycles. The Morgan fingerprint density at radius 1 is 1.18 bits per heavy atom. The van der Waals surface area contributed by atoms with Crippen LogP contribution in [-0.2, 0) is 17.9 Å². The number of ether oxygens (including phenoxy) is 2. The van der Waals surface area contributed by atoms with Gasteiger partial charge in [0, 0.05) is 19.7 Å². The lowest BCUT2D eigenvalue weighted by Gasteiger charge is -2.10. The Labute approximate surface area is 129 Å². The third-order valence-electron chi connectivity index (χ3n) is 2.86. The van der Waals surface area contributed by atoms with Crippen molar-refractivity contribution in [2.24, 2.45) is 0 Å². The molecule has 5 nitrogen and oxygen atoms in total. The predicted octanol–water partition coefficient (Wildman–Crippen LogP) is 3.16. The van der Waals surface area contributed by atoms with Gasteiger partial charge in [-0.25, -0.2) is 9.37 Å². The van der Waals surface area contributed by atoms with Gasteiger partial charge in [-0.1, -0.05) is 19.1 Å². The molecule has 0 aliphatic rings. The number of halogens is 1. The molecule has 0 radical (unpaired) electrons. The van der Waals surface area contributed by atoms with Crippen LogP contribution in [0.5, 0.6) is 5.88 Å². The fraction of sp³-hybridized carbons (Fsp3) is 0.375. The Balaban J connectivity index is 2.07. The SMILES string of the molecule is CCCOc1cc(NCc2ccc(F)cc2)nc(COC)n1. The van der Waals surface area contributed by atoms with Crippen molar-refractivity contribution < 1.29 is 13.9 Å². The number of aromatic nitrogens is 2. The maximum Gasteiger partial charge on any atom is 0.218 e. The number of hydrogen-bond donors (Lipinski definition) is 1. The van der Waals surface area contributed by atoms with Gasteiger partial charge in [0.15, 0.2) is 5.82 Å². The molecule has 1 heterocycles. The van der Waals surface area contributed by atoms with Gasteiger partial charge < -0.3 is 14.8 Å². The Hall–Kier alpha value is -2.21. The molecule has 0 fully saturated rings. The summed E-state index contributed by atoms with van der Waals surface area (Å²) in [5.74, 6) is 1.48. The lowest BCUT2D eigenvalue weighted by Crippen LogP contribution is -2.07. The molecule has 0 aliphatic heterocycles. The summed E-state index contributed by atoms with van der Waals surface area (Å²) in [7, 11) is 1.59. The summed E-state index contributed by atoms with van der Waals surface area (Å²) in [6, 6.07) is 8.08. The van der Waals surface area contributed by atoms with Gasteiger partial charge in [-0.15, -0.1) is 0 Å². The summed E-state index contributed by atoms with van der Waals surface area (Å²) in [5.41, 5.74) is 0.962. The molecule has 0 spiro atoms. The minimum Gasteiger partial charge on any atom is -0.478 e. The number of benzene rings is 1. The largest absolute Gasteiger partial charge is 0.478 e. The Kier molecular flexibility index (Phi) is 6.09. The van der Waals surface area contributed by atoms with Crippen LogP contribution in [-0.4, -0.2) is 23.7 Å². The number of nitrogens with one attached hydrogen (secondary N) is 1. The van der Waals surface area contributed by atoms with E-state index in [2.05, 4.69) is 15.3 Å². The normalized spacial score (nSPS) is 10.5. The molecule has 0 saturated heterocycles. The highest BCUT2D eigenvalue weighted by molar-refractivity contribution is 5.39. The van der Waals surface area contributed by atoms with Crippen LogP contribution in [0, 0.1) is 5.82 Å². The first kappa shape index (κ1) is 16.2. The number of rotatable bonds is 8. The van der Waals surface area contributed by atoms with Crippen molar-refractivity contribution in [3.63, 3.8) is 0 Å². The molecule has 1 aromatic heterocycles. The molecule has 0 amide bonds. The van der Waals surface area contributed by atoms with Crippen molar-refractivity contribution in [1.29, 1.82) is 0 Å². The van der Waals surface area contributed by atoms with Crippen LogP contribution in [0.25, 0.3) is 0 Å². The van der Waals surface area contributed by atoms with Gasteiger partial charge in [0.2, 0.25) is 5.88 Å². The van der Waals surface area contributed by atoms with Crippen LogP contribution in [0.2, 0.25) is 0 Å². The van der Waals surface area contributed by atoms with Gasteiger partial charge in [0.05, 0.1) is 6.61 Å². The van der Waals surface area contributed by atoms with Crippen LogP contribution >= 0.6 is 0 Å². The maximum atomic E-state index is 12.9. The molecular weight excluding hydrogens is 285 g/mol. The summed E-state index contributed by atoms with van der Waals surface area (Å²) in [6.45, 7) is 3.48. The first-order valence-electron chi connectivity index (χ1n) is 7.19. The third kappa shape index (κ3) is 4.96. The van der Waals surface area contributed by atoms with Crippen LogP contribution in [0.1, 0.15) is 24.7 Å². The van der Waals surface area contributed by atoms with Gasteiger partial charge in [-0.3, -0.25) is 0 Å². The Morgan fingerprint density at radius 3 is 2.64 bits per heavy atom. The van der Waals surface area contributed by atoms with Gasteiger partial charge >= 0.3 is 0 Å². The molecule has 0 atom stereocenters. The zero-order valence-corrected chi connectivity index (χ0v) is 12.8. The van der Waals surface area contributed by atoms with Crippen LogP contribution in [0.4, 0.5) is 10.2 Å². The van der Waals surface area contributed by atoms with Crippen molar-refractivity contribution in [2.45, 2.75) is 26.5 Å². The van der Waals surface area contributed by atoms with E-state index < -0.39 is 0 Å². The van der Waals surface area contributed by atoms with E-state index in [1.54, 1.807) is 25.3 Å².